The van der Waals surface area contributed by atoms with Gasteiger partial charge in [0.1, 0.15) is 23.2 Å². The Morgan fingerprint density at radius 1 is 0.974 bits per heavy atom. The molecule has 1 N–H and O–H groups in total. The maximum absolute atomic E-state index is 14.1. The third-order valence-electron chi connectivity index (χ3n) is 12.6. The molecule has 0 aromatic rings. The van der Waals surface area contributed by atoms with Crippen LogP contribution in [0.25, 0.3) is 0 Å². The second-order valence-electron chi connectivity index (χ2n) is 15.1. The number of cyclic esters (lactones) is 1. The lowest BCUT2D eigenvalue weighted by Crippen LogP contribution is -2.64. The van der Waals surface area contributed by atoms with Crippen molar-refractivity contribution in [3.63, 3.8) is 0 Å². The second-order valence-corrected chi connectivity index (χ2v) is 15.1. The Bertz CT molecular complexity index is 1160. The lowest BCUT2D eigenvalue weighted by Gasteiger charge is -2.60. The van der Waals surface area contributed by atoms with E-state index in [0.29, 0.717) is 18.8 Å². The molecule has 0 aromatic heterocycles. The molecule has 4 fully saturated rings. The lowest BCUT2D eigenvalue weighted by molar-refractivity contribution is -0.201. The van der Waals surface area contributed by atoms with Gasteiger partial charge in [-0.1, -0.05) is 39.8 Å². The summed E-state index contributed by atoms with van der Waals surface area (Å²) in [6.07, 6.45) is 10.2. The van der Waals surface area contributed by atoms with Crippen LogP contribution in [0.15, 0.2) is 23.3 Å². The van der Waals surface area contributed by atoms with Gasteiger partial charge in [0.2, 0.25) is 0 Å². The zero-order valence-electron chi connectivity index (χ0n) is 24.5. The Balaban J connectivity index is 1.42. The van der Waals surface area contributed by atoms with E-state index in [2.05, 4.69) is 53.7 Å². The predicted octanol–water partition coefficient (Wildman–Crippen LogP) is 5.81. The van der Waals surface area contributed by atoms with Crippen LogP contribution in [-0.2, 0) is 23.8 Å². The first-order valence-electron chi connectivity index (χ1n) is 14.7. The Morgan fingerprint density at radius 3 is 2.32 bits per heavy atom. The van der Waals surface area contributed by atoms with Gasteiger partial charge in [-0.15, -0.1) is 0 Å². The van der Waals surface area contributed by atoms with Gasteiger partial charge in [0.25, 0.3) is 0 Å². The van der Waals surface area contributed by atoms with Crippen LogP contribution in [0.3, 0.4) is 0 Å². The number of ether oxygens (including phenoxy) is 3. The second kappa shape index (κ2) is 7.54. The van der Waals surface area contributed by atoms with Gasteiger partial charge in [-0.25, -0.2) is 0 Å². The van der Waals surface area contributed by atoms with E-state index in [0.717, 1.165) is 38.5 Å². The molecule has 6 nitrogen and oxygen atoms in total. The summed E-state index contributed by atoms with van der Waals surface area (Å²) in [6, 6.07) is 0. The van der Waals surface area contributed by atoms with Gasteiger partial charge < -0.3 is 19.3 Å². The SMILES string of the molecule is CC(=O)O[C@H]1CC[C@]2(C)C3=CC[C@]45C(=O)O[C@@](C)(C6CCC(C)(C)O6)[C@@]4(O)CC[C@@]5(C)C3=CC[C@H]2C1(C)C. The minimum atomic E-state index is -1.30. The van der Waals surface area contributed by atoms with Crippen molar-refractivity contribution >= 4 is 11.9 Å². The van der Waals surface area contributed by atoms with Crippen LogP contribution < -0.4 is 0 Å². The number of hydrogen-bond acceptors (Lipinski definition) is 6. The standard InChI is InChI=1S/C32H46O6/c1-19(33)36-23-13-15-28(6)20-11-16-31-25(34)38-30(8,24-12-14-26(2,3)37-24)32(31,35)18-17-29(31,7)21(20)9-10-22(28)27(23,4)5/h9,11,22-24,35H,10,12-18H2,1-8H3/t22-,23-,24?,28+,29-,30-,31+,32-/m0/s1. The Hall–Kier alpha value is -1.66. The van der Waals surface area contributed by atoms with Crippen LogP contribution in [0.2, 0.25) is 0 Å². The maximum atomic E-state index is 14.1. The van der Waals surface area contributed by atoms with Gasteiger partial charge in [-0.3, -0.25) is 9.59 Å². The molecule has 0 amide bonds. The largest absolute Gasteiger partial charge is 0.462 e. The quantitative estimate of drug-likeness (QED) is 0.457. The molecule has 210 valence electrons. The van der Waals surface area contributed by atoms with E-state index in [1.807, 2.05) is 6.92 Å². The summed E-state index contributed by atoms with van der Waals surface area (Å²) in [5, 5.41) is 12.7. The number of carbonyl (C=O) groups is 2. The van der Waals surface area contributed by atoms with Crippen LogP contribution in [0.5, 0.6) is 0 Å². The number of fused-ring (bicyclic) bond motifs is 4. The first-order valence-corrected chi connectivity index (χ1v) is 14.7. The van der Waals surface area contributed by atoms with Crippen LogP contribution in [-0.4, -0.2) is 46.1 Å². The fourth-order valence-corrected chi connectivity index (χ4v) is 10.4. The fourth-order valence-electron chi connectivity index (χ4n) is 10.4. The Morgan fingerprint density at radius 2 is 1.68 bits per heavy atom. The van der Waals surface area contributed by atoms with E-state index in [1.54, 1.807) is 0 Å². The van der Waals surface area contributed by atoms with Crippen LogP contribution in [0.4, 0.5) is 0 Å². The summed E-state index contributed by atoms with van der Waals surface area (Å²) < 4.78 is 18.5. The smallest absolute Gasteiger partial charge is 0.317 e. The third kappa shape index (κ3) is 2.87. The van der Waals surface area contributed by atoms with E-state index in [-0.39, 0.29) is 40.6 Å². The molecule has 2 heterocycles. The molecule has 2 aliphatic heterocycles. The highest BCUT2D eigenvalue weighted by molar-refractivity contribution is 5.87. The molecule has 4 aliphatic carbocycles. The number of esters is 2. The first-order chi connectivity index (χ1) is 17.5. The van der Waals surface area contributed by atoms with Crippen molar-refractivity contribution in [1.29, 1.82) is 0 Å². The van der Waals surface area contributed by atoms with Gasteiger partial charge in [0.15, 0.2) is 5.60 Å². The topological polar surface area (TPSA) is 82.1 Å². The van der Waals surface area contributed by atoms with E-state index < -0.39 is 22.0 Å². The molecular weight excluding hydrogens is 480 g/mol. The number of rotatable bonds is 2. The molecule has 2 saturated carbocycles. The summed E-state index contributed by atoms with van der Waals surface area (Å²) >= 11 is 0. The fraction of sp³-hybridized carbons (Fsp3) is 0.812. The van der Waals surface area contributed by atoms with E-state index in [1.165, 1.54) is 18.1 Å². The van der Waals surface area contributed by atoms with E-state index in [9.17, 15) is 14.7 Å². The molecule has 6 rings (SSSR count). The highest BCUT2D eigenvalue weighted by Crippen LogP contribution is 2.76. The number of allylic oxidation sites excluding steroid dienone is 4. The zero-order valence-corrected chi connectivity index (χ0v) is 24.5. The molecule has 6 heteroatoms. The van der Waals surface area contributed by atoms with Crippen molar-refractivity contribution < 1.29 is 28.9 Å². The highest BCUT2D eigenvalue weighted by Gasteiger charge is 2.84. The first kappa shape index (κ1) is 26.6. The summed E-state index contributed by atoms with van der Waals surface area (Å²) in [5.41, 5.74) is -1.90. The van der Waals surface area contributed by atoms with Crippen molar-refractivity contribution in [3.8, 4) is 0 Å². The highest BCUT2D eigenvalue weighted by atomic mass is 16.6. The van der Waals surface area contributed by atoms with Crippen molar-refractivity contribution in [2.24, 2.45) is 27.6 Å². The molecule has 1 unspecified atom stereocenters. The molecule has 8 atom stereocenters. The summed E-state index contributed by atoms with van der Waals surface area (Å²) in [6.45, 7) is 16.6. The number of hydrogen-bond donors (Lipinski definition) is 1. The molecule has 0 bridgehead atoms. The van der Waals surface area contributed by atoms with Crippen molar-refractivity contribution in [2.45, 2.75) is 136 Å². The number of carbonyl (C=O) groups excluding carboxylic acids is 2. The van der Waals surface area contributed by atoms with Crippen LogP contribution in [0.1, 0.15) is 107 Å². The number of aliphatic hydroxyl groups is 1. The van der Waals surface area contributed by atoms with Crippen LogP contribution in [0, 0.1) is 27.6 Å². The summed E-state index contributed by atoms with van der Waals surface area (Å²) in [4.78, 5) is 26.0. The normalized spacial score (nSPS) is 50.1. The van der Waals surface area contributed by atoms with Gasteiger partial charge >= 0.3 is 11.9 Å². The summed E-state index contributed by atoms with van der Waals surface area (Å²) in [5.74, 6) is -0.165. The van der Waals surface area contributed by atoms with Crippen molar-refractivity contribution in [1.82, 2.24) is 0 Å². The third-order valence-corrected chi connectivity index (χ3v) is 12.6. The van der Waals surface area contributed by atoms with Gasteiger partial charge in [0, 0.05) is 17.8 Å². The molecular formula is C32H46O6. The van der Waals surface area contributed by atoms with Crippen molar-refractivity contribution in [3.05, 3.63) is 23.3 Å². The zero-order chi connectivity index (χ0) is 27.7. The Labute approximate surface area is 227 Å². The monoisotopic (exact) mass is 526 g/mol. The molecule has 38 heavy (non-hydrogen) atoms. The average molecular weight is 527 g/mol. The van der Waals surface area contributed by atoms with Gasteiger partial charge in [0.05, 0.1) is 5.60 Å². The molecule has 1 spiro atoms. The summed E-state index contributed by atoms with van der Waals surface area (Å²) in [7, 11) is 0. The van der Waals surface area contributed by atoms with E-state index in [4.69, 9.17) is 14.2 Å². The maximum Gasteiger partial charge on any atom is 0.317 e. The van der Waals surface area contributed by atoms with Gasteiger partial charge in [-0.05, 0) is 94.6 Å². The van der Waals surface area contributed by atoms with Crippen LogP contribution >= 0.6 is 0 Å². The van der Waals surface area contributed by atoms with E-state index >= 15 is 0 Å². The van der Waals surface area contributed by atoms with Gasteiger partial charge in [-0.2, -0.15) is 0 Å². The molecule has 0 aromatic carbocycles. The molecule has 2 saturated heterocycles. The molecule has 0 radical (unpaired) electrons. The minimum absolute atomic E-state index is 0.0834. The minimum Gasteiger partial charge on any atom is -0.462 e. The predicted molar refractivity (Wildman–Crippen MR) is 143 cm³/mol. The average Bonchev–Trinajstić information content (AvgIpc) is 3.36. The lowest BCUT2D eigenvalue weighted by atomic mass is 9.43. The molecule has 6 aliphatic rings. The van der Waals surface area contributed by atoms with Crippen molar-refractivity contribution in [2.75, 3.05) is 0 Å². The Kier molecular flexibility index (Phi) is 5.27.